The van der Waals surface area contributed by atoms with Crippen LogP contribution in [0.5, 0.6) is 5.75 Å². The average Bonchev–Trinajstić information content (AvgIpc) is 2.42. The van der Waals surface area contributed by atoms with Crippen molar-refractivity contribution < 1.29 is 13.2 Å². The number of anilines is 1. The van der Waals surface area contributed by atoms with Crippen LogP contribution >= 0.6 is 0 Å². The van der Waals surface area contributed by atoms with Gasteiger partial charge in [-0.2, -0.15) is 4.31 Å². The van der Waals surface area contributed by atoms with Crippen molar-refractivity contribution in [3.8, 4) is 5.75 Å². The van der Waals surface area contributed by atoms with Crippen LogP contribution < -0.4 is 10.5 Å². The van der Waals surface area contributed by atoms with Crippen molar-refractivity contribution in [2.24, 2.45) is 11.8 Å². The summed E-state index contributed by atoms with van der Waals surface area (Å²) in [7, 11) is -2.15. The molecule has 118 valence electrons. The topological polar surface area (TPSA) is 72.6 Å². The number of sulfonamides is 1. The van der Waals surface area contributed by atoms with Crippen molar-refractivity contribution in [2.75, 3.05) is 19.4 Å². The molecule has 0 radical (unpaired) electrons. The molecule has 1 aromatic rings. The fourth-order valence-corrected chi connectivity index (χ4v) is 5.04. The lowest BCUT2D eigenvalue weighted by atomic mass is 9.88. The zero-order valence-electron chi connectivity index (χ0n) is 13.0. The monoisotopic (exact) mass is 312 g/mol. The second-order valence-electron chi connectivity index (χ2n) is 6.04. The van der Waals surface area contributed by atoms with Gasteiger partial charge in [0.2, 0.25) is 10.0 Å². The number of piperidine rings is 1. The lowest BCUT2D eigenvalue weighted by Gasteiger charge is -2.40. The first kappa shape index (κ1) is 16.1. The number of nitrogens with zero attached hydrogens (tertiary/aromatic N) is 1. The van der Waals surface area contributed by atoms with Gasteiger partial charge in [-0.3, -0.25) is 0 Å². The average molecular weight is 312 g/mol. The Bertz CT molecular complexity index is 615. The van der Waals surface area contributed by atoms with Crippen molar-refractivity contribution in [1.82, 2.24) is 4.31 Å². The molecule has 3 unspecified atom stereocenters. The second-order valence-corrected chi connectivity index (χ2v) is 7.90. The van der Waals surface area contributed by atoms with Crippen LogP contribution in [-0.2, 0) is 10.0 Å². The minimum Gasteiger partial charge on any atom is -0.495 e. The lowest BCUT2D eigenvalue weighted by Crippen LogP contribution is -2.48. The number of nitrogens with two attached hydrogens (primary N) is 1. The quantitative estimate of drug-likeness (QED) is 0.869. The third kappa shape index (κ3) is 3.01. The molecule has 1 fully saturated rings. The van der Waals surface area contributed by atoms with Crippen molar-refractivity contribution in [1.29, 1.82) is 0 Å². The summed E-state index contributed by atoms with van der Waals surface area (Å²) in [6.07, 6.45) is 1.04. The molecule has 2 rings (SSSR count). The van der Waals surface area contributed by atoms with Crippen molar-refractivity contribution in [2.45, 2.75) is 38.1 Å². The van der Waals surface area contributed by atoms with E-state index in [1.165, 1.54) is 13.2 Å². The normalized spacial score (nSPS) is 27.5. The summed E-state index contributed by atoms with van der Waals surface area (Å²) in [5.74, 6) is 1.01. The number of methoxy groups -OCH3 is 1. The Morgan fingerprint density at radius 1 is 1.29 bits per heavy atom. The van der Waals surface area contributed by atoms with Crippen LogP contribution in [0.4, 0.5) is 5.69 Å². The van der Waals surface area contributed by atoms with E-state index < -0.39 is 10.0 Å². The summed E-state index contributed by atoms with van der Waals surface area (Å²) >= 11 is 0. The van der Waals surface area contributed by atoms with Gasteiger partial charge in [0.25, 0.3) is 0 Å². The van der Waals surface area contributed by atoms with E-state index in [4.69, 9.17) is 10.5 Å². The molecule has 0 aromatic heterocycles. The van der Waals surface area contributed by atoms with Crippen LogP contribution in [0.25, 0.3) is 0 Å². The largest absolute Gasteiger partial charge is 0.495 e. The van der Waals surface area contributed by atoms with Gasteiger partial charge >= 0.3 is 0 Å². The summed E-state index contributed by atoms with van der Waals surface area (Å²) < 4.78 is 32.8. The Labute approximate surface area is 127 Å². The van der Waals surface area contributed by atoms with E-state index in [0.29, 0.717) is 29.8 Å². The van der Waals surface area contributed by atoms with Gasteiger partial charge in [0.1, 0.15) is 10.6 Å². The molecule has 3 atom stereocenters. The summed E-state index contributed by atoms with van der Waals surface area (Å²) in [5.41, 5.74) is 6.18. The van der Waals surface area contributed by atoms with Crippen LogP contribution in [0.3, 0.4) is 0 Å². The fourth-order valence-electron chi connectivity index (χ4n) is 3.00. The van der Waals surface area contributed by atoms with E-state index in [-0.39, 0.29) is 10.9 Å². The highest BCUT2D eigenvalue weighted by molar-refractivity contribution is 7.89. The molecule has 0 saturated carbocycles. The van der Waals surface area contributed by atoms with Crippen LogP contribution in [0.15, 0.2) is 23.1 Å². The summed E-state index contributed by atoms with van der Waals surface area (Å²) in [4.78, 5) is 0.151. The maximum absolute atomic E-state index is 13.0. The van der Waals surface area contributed by atoms with E-state index in [1.807, 2.05) is 6.92 Å². The summed E-state index contributed by atoms with van der Waals surface area (Å²) in [6.45, 7) is 6.68. The number of nitrogen functional groups attached to an aromatic ring is 1. The van der Waals surface area contributed by atoms with Crippen molar-refractivity contribution in [3.63, 3.8) is 0 Å². The highest BCUT2D eigenvalue weighted by atomic mass is 32.2. The number of benzene rings is 1. The first-order valence-corrected chi connectivity index (χ1v) is 8.66. The molecule has 0 bridgehead atoms. The minimum absolute atomic E-state index is 0.0302. The Balaban J connectivity index is 2.48. The Hall–Kier alpha value is -1.27. The third-order valence-corrected chi connectivity index (χ3v) is 6.29. The van der Waals surface area contributed by atoms with Crippen LogP contribution in [0, 0.1) is 11.8 Å². The van der Waals surface area contributed by atoms with Gasteiger partial charge in [-0.25, -0.2) is 8.42 Å². The molecule has 5 nitrogen and oxygen atoms in total. The fraction of sp³-hybridized carbons (Fsp3) is 0.600. The molecule has 2 N–H and O–H groups in total. The number of rotatable bonds is 3. The zero-order valence-corrected chi connectivity index (χ0v) is 13.9. The molecule has 1 aliphatic rings. The van der Waals surface area contributed by atoms with Crippen LogP contribution in [0.1, 0.15) is 27.2 Å². The zero-order chi connectivity index (χ0) is 15.8. The maximum atomic E-state index is 13.0. The molecular formula is C15H24N2O3S. The van der Waals surface area contributed by atoms with Gasteiger partial charge in [-0.05, 0) is 43.4 Å². The second kappa shape index (κ2) is 5.85. The highest BCUT2D eigenvalue weighted by Gasteiger charge is 2.38. The number of hydrogen-bond acceptors (Lipinski definition) is 4. The highest BCUT2D eigenvalue weighted by Crippen LogP contribution is 2.35. The molecular weight excluding hydrogens is 288 g/mol. The Morgan fingerprint density at radius 3 is 2.57 bits per heavy atom. The molecule has 1 aliphatic heterocycles. The third-order valence-electron chi connectivity index (χ3n) is 4.32. The Kier molecular flexibility index (Phi) is 4.49. The standard InChI is InChI=1S/C15H24N2O3S/c1-10-7-11(2)12(3)17(9-10)21(18,19)15-8-13(16)5-6-14(15)20-4/h5-6,8,10-12H,7,9,16H2,1-4H3. The van der Waals surface area contributed by atoms with Crippen LogP contribution in [0.2, 0.25) is 0 Å². The predicted molar refractivity (Wildman–Crippen MR) is 83.7 cm³/mol. The van der Waals surface area contributed by atoms with Gasteiger partial charge in [0, 0.05) is 18.3 Å². The SMILES string of the molecule is COc1ccc(N)cc1S(=O)(=O)N1CC(C)CC(C)C1C. The molecule has 21 heavy (non-hydrogen) atoms. The summed E-state index contributed by atoms with van der Waals surface area (Å²) in [5, 5.41) is 0. The van der Waals surface area contributed by atoms with Crippen LogP contribution in [-0.4, -0.2) is 32.4 Å². The number of hydrogen-bond donors (Lipinski definition) is 1. The number of ether oxygens (including phenoxy) is 1. The van der Waals surface area contributed by atoms with Crippen molar-refractivity contribution >= 4 is 15.7 Å². The van der Waals surface area contributed by atoms with Gasteiger partial charge < -0.3 is 10.5 Å². The molecule has 0 amide bonds. The minimum atomic E-state index is -3.61. The molecule has 1 heterocycles. The van der Waals surface area contributed by atoms with Gasteiger partial charge in [0.15, 0.2) is 0 Å². The molecule has 1 aromatic carbocycles. The smallest absolute Gasteiger partial charge is 0.247 e. The van der Waals surface area contributed by atoms with E-state index >= 15 is 0 Å². The molecule has 6 heteroatoms. The van der Waals surface area contributed by atoms with E-state index in [0.717, 1.165) is 6.42 Å². The predicted octanol–water partition coefficient (Wildman–Crippen LogP) is 2.33. The molecule has 1 saturated heterocycles. The lowest BCUT2D eigenvalue weighted by molar-refractivity contribution is 0.157. The first-order chi connectivity index (χ1) is 9.77. The maximum Gasteiger partial charge on any atom is 0.247 e. The van der Waals surface area contributed by atoms with Gasteiger partial charge in [-0.1, -0.05) is 13.8 Å². The van der Waals surface area contributed by atoms with Gasteiger partial charge in [0.05, 0.1) is 7.11 Å². The first-order valence-electron chi connectivity index (χ1n) is 7.22. The molecule has 0 aliphatic carbocycles. The Morgan fingerprint density at radius 2 is 1.95 bits per heavy atom. The summed E-state index contributed by atoms with van der Waals surface area (Å²) in [6, 6.07) is 4.69. The van der Waals surface area contributed by atoms with Gasteiger partial charge in [-0.15, -0.1) is 0 Å². The van der Waals surface area contributed by atoms with E-state index in [9.17, 15) is 8.42 Å². The van der Waals surface area contributed by atoms with E-state index in [1.54, 1.807) is 16.4 Å². The van der Waals surface area contributed by atoms with Crippen molar-refractivity contribution in [3.05, 3.63) is 18.2 Å². The molecule has 0 spiro atoms. The van der Waals surface area contributed by atoms with E-state index in [2.05, 4.69) is 13.8 Å².